The summed E-state index contributed by atoms with van der Waals surface area (Å²) in [5.74, 6) is 0.706. The fraction of sp³-hybridized carbons (Fsp3) is 0.467. The molecule has 1 atom stereocenters. The molecule has 1 aromatic carbocycles. The molecule has 1 heterocycles. The van der Waals surface area contributed by atoms with Crippen molar-refractivity contribution in [2.75, 3.05) is 33.4 Å². The van der Waals surface area contributed by atoms with Crippen LogP contribution in [0.25, 0.3) is 0 Å². The van der Waals surface area contributed by atoms with Crippen molar-refractivity contribution in [1.82, 2.24) is 9.80 Å². The summed E-state index contributed by atoms with van der Waals surface area (Å²) in [7, 11) is 1.58. The Bertz CT molecular complexity index is 531. The third-order valence-electron chi connectivity index (χ3n) is 3.65. The predicted octanol–water partition coefficient (Wildman–Crippen LogP) is 2.19. The van der Waals surface area contributed by atoms with Gasteiger partial charge in [-0.05, 0) is 24.6 Å². The molecule has 1 N–H and O–H groups in total. The number of nitrogens with zero attached hydrogens (tertiary/aromatic N) is 2. The van der Waals surface area contributed by atoms with Crippen molar-refractivity contribution in [1.29, 1.82) is 0 Å². The Morgan fingerprint density at radius 1 is 1.27 bits per heavy atom. The summed E-state index contributed by atoms with van der Waals surface area (Å²) in [6.45, 7) is 2.84. The van der Waals surface area contributed by atoms with Crippen LogP contribution in [0.5, 0.6) is 5.75 Å². The van der Waals surface area contributed by atoms with Crippen LogP contribution in [0.2, 0.25) is 0 Å². The molecule has 22 heavy (non-hydrogen) atoms. The van der Waals surface area contributed by atoms with E-state index >= 15 is 0 Å². The highest BCUT2D eigenvalue weighted by atomic mass is 16.6. The fourth-order valence-corrected chi connectivity index (χ4v) is 2.49. The molecule has 0 aromatic heterocycles. The lowest BCUT2D eigenvalue weighted by atomic mass is 10.0. The van der Waals surface area contributed by atoms with E-state index in [9.17, 15) is 14.7 Å². The van der Waals surface area contributed by atoms with E-state index in [4.69, 9.17) is 9.47 Å². The third kappa shape index (κ3) is 3.41. The maximum Gasteiger partial charge on any atom is 0.410 e. The van der Waals surface area contributed by atoms with Crippen LogP contribution in [0, 0.1) is 0 Å². The van der Waals surface area contributed by atoms with Gasteiger partial charge in [0.15, 0.2) is 0 Å². The summed E-state index contributed by atoms with van der Waals surface area (Å²) in [5, 5.41) is 9.18. The second-order valence-corrected chi connectivity index (χ2v) is 4.91. The lowest BCUT2D eigenvalue weighted by Gasteiger charge is -2.39. The molecule has 0 spiro atoms. The summed E-state index contributed by atoms with van der Waals surface area (Å²) in [6.07, 6.45) is -1.41. The first-order valence-electron chi connectivity index (χ1n) is 7.12. The molecule has 1 aromatic rings. The van der Waals surface area contributed by atoms with E-state index in [1.54, 1.807) is 31.1 Å². The number of ether oxygens (including phenoxy) is 2. The first-order chi connectivity index (χ1) is 10.6. The Morgan fingerprint density at radius 3 is 2.50 bits per heavy atom. The minimum atomic E-state index is -0.984. The number of carbonyl (C=O) groups excluding carboxylic acids is 1. The zero-order chi connectivity index (χ0) is 16.1. The van der Waals surface area contributed by atoms with Crippen LogP contribution in [0.3, 0.4) is 0 Å². The van der Waals surface area contributed by atoms with Crippen LogP contribution < -0.4 is 4.74 Å². The normalized spacial score (nSPS) is 18.0. The maximum atomic E-state index is 12.1. The Kier molecular flexibility index (Phi) is 5.08. The number of carbonyl (C=O) groups is 2. The predicted molar refractivity (Wildman–Crippen MR) is 79.1 cm³/mol. The van der Waals surface area contributed by atoms with Gasteiger partial charge in [0, 0.05) is 19.6 Å². The van der Waals surface area contributed by atoms with Gasteiger partial charge in [-0.1, -0.05) is 12.1 Å². The van der Waals surface area contributed by atoms with Gasteiger partial charge in [-0.2, -0.15) is 0 Å². The molecule has 1 saturated heterocycles. The zero-order valence-electron chi connectivity index (χ0n) is 12.7. The average Bonchev–Trinajstić information content (AvgIpc) is 2.54. The summed E-state index contributed by atoms with van der Waals surface area (Å²) < 4.78 is 10.2. The molecule has 1 aliphatic rings. The molecule has 1 aliphatic heterocycles. The van der Waals surface area contributed by atoms with Crippen molar-refractivity contribution in [2.45, 2.75) is 13.0 Å². The summed E-state index contributed by atoms with van der Waals surface area (Å²) in [6, 6.07) is 6.88. The highest BCUT2D eigenvalue weighted by molar-refractivity contribution is 5.70. The van der Waals surface area contributed by atoms with Crippen LogP contribution in [0.1, 0.15) is 18.5 Å². The number of hydrogen-bond donors (Lipinski definition) is 1. The van der Waals surface area contributed by atoms with Gasteiger partial charge < -0.3 is 19.5 Å². The molecule has 1 fully saturated rings. The highest BCUT2D eigenvalue weighted by Gasteiger charge is 2.34. The fourth-order valence-electron chi connectivity index (χ4n) is 2.49. The van der Waals surface area contributed by atoms with Gasteiger partial charge in [0.25, 0.3) is 0 Å². The van der Waals surface area contributed by atoms with Crippen LogP contribution in [0.15, 0.2) is 24.3 Å². The van der Waals surface area contributed by atoms with Crippen molar-refractivity contribution in [3.05, 3.63) is 29.8 Å². The number of hydrogen-bond acceptors (Lipinski definition) is 4. The van der Waals surface area contributed by atoms with Crippen LogP contribution >= 0.6 is 0 Å². The quantitative estimate of drug-likeness (QED) is 0.926. The van der Waals surface area contributed by atoms with E-state index in [-0.39, 0.29) is 25.7 Å². The first kappa shape index (κ1) is 15.9. The van der Waals surface area contributed by atoms with Crippen molar-refractivity contribution < 1.29 is 24.2 Å². The van der Waals surface area contributed by atoms with E-state index < -0.39 is 12.2 Å². The van der Waals surface area contributed by atoms with Gasteiger partial charge in [0.05, 0.1) is 19.8 Å². The first-order valence-corrected chi connectivity index (χ1v) is 7.12. The van der Waals surface area contributed by atoms with Crippen LogP contribution in [0.4, 0.5) is 9.59 Å². The molecular weight excluding hydrogens is 288 g/mol. The number of benzene rings is 1. The van der Waals surface area contributed by atoms with Crippen molar-refractivity contribution in [2.24, 2.45) is 0 Å². The van der Waals surface area contributed by atoms with Gasteiger partial charge >= 0.3 is 12.2 Å². The smallest absolute Gasteiger partial charge is 0.410 e. The van der Waals surface area contributed by atoms with Crippen LogP contribution in [-0.4, -0.2) is 60.4 Å². The molecule has 2 rings (SSSR count). The summed E-state index contributed by atoms with van der Waals surface area (Å²) in [4.78, 5) is 26.2. The van der Waals surface area contributed by atoms with E-state index in [0.29, 0.717) is 12.3 Å². The van der Waals surface area contributed by atoms with Gasteiger partial charge in [0.2, 0.25) is 0 Å². The number of amides is 2. The Balaban J connectivity index is 2.25. The molecule has 7 heteroatoms. The van der Waals surface area contributed by atoms with Gasteiger partial charge in [-0.25, -0.2) is 9.59 Å². The van der Waals surface area contributed by atoms with Crippen LogP contribution in [-0.2, 0) is 4.74 Å². The van der Waals surface area contributed by atoms with Crippen molar-refractivity contribution in [3.63, 3.8) is 0 Å². The van der Waals surface area contributed by atoms with E-state index in [1.165, 1.54) is 4.90 Å². The molecule has 1 unspecified atom stereocenters. The second kappa shape index (κ2) is 7.02. The largest absolute Gasteiger partial charge is 0.497 e. The molecule has 120 valence electrons. The highest BCUT2D eigenvalue weighted by Crippen LogP contribution is 2.27. The standard InChI is InChI=1S/C15H20N2O5/c1-3-22-15(20)17-9-8-16(14(18)19)10-13(17)11-4-6-12(21-2)7-5-11/h4-7,13H,3,8-10H2,1-2H3,(H,18,19). The molecule has 0 saturated carbocycles. The van der Waals surface area contributed by atoms with Gasteiger partial charge in [0.1, 0.15) is 5.75 Å². The van der Waals surface area contributed by atoms with Crippen molar-refractivity contribution >= 4 is 12.2 Å². The Labute approximate surface area is 129 Å². The van der Waals surface area contributed by atoms with Gasteiger partial charge in [-0.3, -0.25) is 4.90 Å². The molecule has 2 amide bonds. The van der Waals surface area contributed by atoms with E-state index in [1.807, 2.05) is 12.1 Å². The van der Waals surface area contributed by atoms with E-state index in [2.05, 4.69) is 0 Å². The second-order valence-electron chi connectivity index (χ2n) is 4.91. The molecule has 0 bridgehead atoms. The monoisotopic (exact) mass is 308 g/mol. The SMILES string of the molecule is CCOC(=O)N1CCN(C(=O)O)CC1c1ccc(OC)cc1. The van der Waals surface area contributed by atoms with E-state index in [0.717, 1.165) is 5.56 Å². The summed E-state index contributed by atoms with van der Waals surface area (Å²) >= 11 is 0. The molecular formula is C15H20N2O5. The Hall–Kier alpha value is -2.44. The molecule has 7 nitrogen and oxygen atoms in total. The third-order valence-corrected chi connectivity index (χ3v) is 3.65. The van der Waals surface area contributed by atoms with Gasteiger partial charge in [-0.15, -0.1) is 0 Å². The lowest BCUT2D eigenvalue weighted by Crippen LogP contribution is -2.52. The number of methoxy groups -OCH3 is 1. The minimum Gasteiger partial charge on any atom is -0.497 e. The maximum absolute atomic E-state index is 12.1. The van der Waals surface area contributed by atoms with Crippen molar-refractivity contribution in [3.8, 4) is 5.75 Å². The average molecular weight is 308 g/mol. The topological polar surface area (TPSA) is 79.3 Å². The number of carboxylic acid groups (broad SMARTS) is 1. The summed E-state index contributed by atoms with van der Waals surface area (Å²) in [5.41, 5.74) is 0.847. The lowest BCUT2D eigenvalue weighted by molar-refractivity contribution is 0.0477. The number of piperazine rings is 1. The zero-order valence-corrected chi connectivity index (χ0v) is 12.7. The molecule has 0 radical (unpaired) electrons. The molecule has 0 aliphatic carbocycles. The number of rotatable bonds is 3. The Morgan fingerprint density at radius 2 is 1.95 bits per heavy atom. The minimum absolute atomic E-state index is 0.223.